The van der Waals surface area contributed by atoms with Crippen molar-refractivity contribution >= 4 is 12.0 Å². The Morgan fingerprint density at radius 2 is 1.84 bits per heavy atom. The molecule has 6 heteroatoms. The third kappa shape index (κ3) is 4.87. The molecule has 0 bridgehead atoms. The standard InChI is InChI=1S/C19H22N4O2/c24-18-8-9-20-16-23(18)15-19(25)22-13-11-21(12-14-22)10-4-7-17-5-2-1-3-6-17/h1-9,16H,10-15H2/b7-4+. The van der Waals surface area contributed by atoms with E-state index in [4.69, 9.17) is 0 Å². The second kappa shape index (κ2) is 8.39. The maximum absolute atomic E-state index is 12.3. The van der Waals surface area contributed by atoms with Crippen molar-refractivity contribution in [3.8, 4) is 0 Å². The van der Waals surface area contributed by atoms with Crippen molar-refractivity contribution in [2.75, 3.05) is 32.7 Å². The summed E-state index contributed by atoms with van der Waals surface area (Å²) in [6.45, 7) is 3.99. The summed E-state index contributed by atoms with van der Waals surface area (Å²) in [6, 6.07) is 11.6. The van der Waals surface area contributed by atoms with Crippen LogP contribution in [0.4, 0.5) is 0 Å². The lowest BCUT2D eigenvalue weighted by Crippen LogP contribution is -2.49. The average molecular weight is 338 g/mol. The molecule has 0 saturated carbocycles. The number of rotatable bonds is 5. The number of hydrogen-bond donors (Lipinski definition) is 0. The largest absolute Gasteiger partial charge is 0.339 e. The highest BCUT2D eigenvalue weighted by Gasteiger charge is 2.20. The van der Waals surface area contributed by atoms with E-state index in [1.165, 1.54) is 28.7 Å². The average Bonchev–Trinajstić information content (AvgIpc) is 2.65. The van der Waals surface area contributed by atoms with Gasteiger partial charge in [-0.1, -0.05) is 42.5 Å². The van der Waals surface area contributed by atoms with Crippen LogP contribution in [-0.2, 0) is 11.3 Å². The Bertz CT molecular complexity index is 777. The van der Waals surface area contributed by atoms with Crippen molar-refractivity contribution in [3.05, 3.63) is 70.9 Å². The third-order valence-electron chi connectivity index (χ3n) is 4.30. The topological polar surface area (TPSA) is 58.4 Å². The molecule has 0 atom stereocenters. The quantitative estimate of drug-likeness (QED) is 0.819. The van der Waals surface area contributed by atoms with E-state index in [9.17, 15) is 9.59 Å². The van der Waals surface area contributed by atoms with Gasteiger partial charge in [-0.25, -0.2) is 4.98 Å². The lowest BCUT2D eigenvalue weighted by molar-refractivity contribution is -0.133. The molecule has 0 radical (unpaired) electrons. The lowest BCUT2D eigenvalue weighted by Gasteiger charge is -2.34. The van der Waals surface area contributed by atoms with Crippen LogP contribution in [0.25, 0.3) is 6.08 Å². The molecular weight excluding hydrogens is 316 g/mol. The molecule has 1 amide bonds. The molecular formula is C19H22N4O2. The van der Waals surface area contributed by atoms with Gasteiger partial charge in [0.05, 0.1) is 6.33 Å². The van der Waals surface area contributed by atoms with Crippen LogP contribution in [-0.4, -0.2) is 58.0 Å². The van der Waals surface area contributed by atoms with Gasteiger partial charge in [-0.2, -0.15) is 0 Å². The number of nitrogens with zero attached hydrogens (tertiary/aromatic N) is 4. The van der Waals surface area contributed by atoms with Crippen molar-refractivity contribution in [2.24, 2.45) is 0 Å². The Labute approximate surface area is 147 Å². The molecule has 25 heavy (non-hydrogen) atoms. The first-order chi connectivity index (χ1) is 12.2. The Morgan fingerprint density at radius 1 is 1.08 bits per heavy atom. The molecule has 0 spiro atoms. The van der Waals surface area contributed by atoms with Crippen LogP contribution >= 0.6 is 0 Å². The van der Waals surface area contributed by atoms with Crippen LogP contribution in [0.1, 0.15) is 5.56 Å². The smallest absolute Gasteiger partial charge is 0.253 e. The van der Waals surface area contributed by atoms with Crippen LogP contribution < -0.4 is 5.56 Å². The van der Waals surface area contributed by atoms with Gasteiger partial charge in [0.25, 0.3) is 5.56 Å². The molecule has 1 fully saturated rings. The number of benzene rings is 1. The second-order valence-electron chi connectivity index (χ2n) is 6.04. The van der Waals surface area contributed by atoms with E-state index in [0.717, 1.165) is 19.6 Å². The Morgan fingerprint density at radius 3 is 2.56 bits per heavy atom. The number of carbonyl (C=O) groups excluding carboxylic acids is 1. The summed E-state index contributed by atoms with van der Waals surface area (Å²) in [6.07, 6.45) is 7.12. The molecule has 3 rings (SSSR count). The number of aromatic nitrogens is 2. The van der Waals surface area contributed by atoms with Gasteiger partial charge in [-0.15, -0.1) is 0 Å². The molecule has 1 aliphatic rings. The summed E-state index contributed by atoms with van der Waals surface area (Å²) in [5.74, 6) is -0.0328. The Kier molecular flexibility index (Phi) is 5.74. The van der Waals surface area contributed by atoms with E-state index in [1.807, 2.05) is 23.1 Å². The first kappa shape index (κ1) is 17.1. The van der Waals surface area contributed by atoms with Gasteiger partial charge < -0.3 is 4.90 Å². The molecule has 6 nitrogen and oxygen atoms in total. The highest BCUT2D eigenvalue weighted by atomic mass is 16.2. The van der Waals surface area contributed by atoms with Gasteiger partial charge in [0, 0.05) is 45.0 Å². The predicted molar refractivity (Wildman–Crippen MR) is 97.0 cm³/mol. The van der Waals surface area contributed by atoms with E-state index >= 15 is 0 Å². The van der Waals surface area contributed by atoms with Gasteiger partial charge in [0.15, 0.2) is 0 Å². The summed E-state index contributed by atoms with van der Waals surface area (Å²) >= 11 is 0. The van der Waals surface area contributed by atoms with E-state index < -0.39 is 0 Å². The Balaban J connectivity index is 1.45. The summed E-state index contributed by atoms with van der Waals surface area (Å²) in [5.41, 5.74) is 0.992. The second-order valence-corrected chi connectivity index (χ2v) is 6.04. The van der Waals surface area contributed by atoms with Crippen LogP contribution in [0.5, 0.6) is 0 Å². The molecule has 2 aromatic rings. The van der Waals surface area contributed by atoms with Gasteiger partial charge in [0.2, 0.25) is 5.91 Å². The van der Waals surface area contributed by atoms with Crippen LogP contribution in [0.3, 0.4) is 0 Å². The molecule has 0 aliphatic carbocycles. The van der Waals surface area contributed by atoms with Crippen molar-refractivity contribution in [1.82, 2.24) is 19.4 Å². The van der Waals surface area contributed by atoms with Crippen LogP contribution in [0, 0.1) is 0 Å². The normalized spacial score (nSPS) is 15.6. The van der Waals surface area contributed by atoms with Crippen molar-refractivity contribution in [1.29, 1.82) is 0 Å². The van der Waals surface area contributed by atoms with E-state index in [0.29, 0.717) is 13.1 Å². The molecule has 0 unspecified atom stereocenters. The Hall–Kier alpha value is -2.73. The first-order valence-electron chi connectivity index (χ1n) is 8.44. The lowest BCUT2D eigenvalue weighted by atomic mass is 10.2. The van der Waals surface area contributed by atoms with Crippen molar-refractivity contribution in [3.63, 3.8) is 0 Å². The minimum atomic E-state index is -0.201. The number of piperazine rings is 1. The first-order valence-corrected chi connectivity index (χ1v) is 8.44. The molecule has 1 aliphatic heterocycles. The number of hydrogen-bond acceptors (Lipinski definition) is 4. The van der Waals surface area contributed by atoms with Crippen molar-refractivity contribution < 1.29 is 4.79 Å². The van der Waals surface area contributed by atoms with Crippen molar-refractivity contribution in [2.45, 2.75) is 6.54 Å². The van der Waals surface area contributed by atoms with Crippen LogP contribution in [0.15, 0.2) is 59.8 Å². The summed E-state index contributed by atoms with van der Waals surface area (Å²) in [7, 11) is 0. The SMILES string of the molecule is O=C(Cn1cnccc1=O)N1CCN(C/C=C/c2ccccc2)CC1. The van der Waals surface area contributed by atoms with Gasteiger partial charge >= 0.3 is 0 Å². The number of amides is 1. The maximum atomic E-state index is 12.3. The highest BCUT2D eigenvalue weighted by Crippen LogP contribution is 2.05. The monoisotopic (exact) mass is 338 g/mol. The van der Waals surface area contributed by atoms with Gasteiger partial charge in [-0.3, -0.25) is 19.1 Å². The summed E-state index contributed by atoms with van der Waals surface area (Å²) in [5, 5.41) is 0. The molecule has 1 saturated heterocycles. The van der Waals surface area contributed by atoms with E-state index in [2.05, 4.69) is 34.2 Å². The molecule has 0 N–H and O–H groups in total. The highest BCUT2D eigenvalue weighted by molar-refractivity contribution is 5.76. The minimum Gasteiger partial charge on any atom is -0.339 e. The maximum Gasteiger partial charge on any atom is 0.253 e. The van der Waals surface area contributed by atoms with Crippen LogP contribution in [0.2, 0.25) is 0 Å². The van der Waals surface area contributed by atoms with Gasteiger partial charge in [-0.05, 0) is 5.56 Å². The van der Waals surface area contributed by atoms with E-state index in [-0.39, 0.29) is 18.0 Å². The fraction of sp³-hybridized carbons (Fsp3) is 0.316. The predicted octanol–water partition coefficient (Wildman–Crippen LogP) is 1.10. The van der Waals surface area contributed by atoms with Gasteiger partial charge in [0.1, 0.15) is 6.54 Å². The zero-order valence-electron chi connectivity index (χ0n) is 14.1. The fourth-order valence-electron chi connectivity index (χ4n) is 2.82. The minimum absolute atomic E-state index is 0.0328. The summed E-state index contributed by atoms with van der Waals surface area (Å²) < 4.78 is 1.34. The zero-order chi connectivity index (χ0) is 17.5. The molecule has 2 heterocycles. The molecule has 1 aromatic heterocycles. The number of carbonyl (C=O) groups is 1. The molecule has 130 valence electrons. The molecule has 1 aromatic carbocycles. The fourth-order valence-corrected chi connectivity index (χ4v) is 2.82. The zero-order valence-corrected chi connectivity index (χ0v) is 14.1. The summed E-state index contributed by atoms with van der Waals surface area (Å²) in [4.78, 5) is 32.0. The third-order valence-corrected chi connectivity index (χ3v) is 4.30. The van der Waals surface area contributed by atoms with E-state index in [1.54, 1.807) is 0 Å².